The highest BCUT2D eigenvalue weighted by Gasteiger charge is 2.25. The summed E-state index contributed by atoms with van der Waals surface area (Å²) in [7, 11) is 0. The van der Waals surface area contributed by atoms with Crippen LogP contribution in [0.25, 0.3) is 65.0 Å². The molecule has 0 fully saturated rings. The number of anilines is 1. The summed E-state index contributed by atoms with van der Waals surface area (Å²) in [5, 5.41) is 17.1. The molecule has 0 radical (unpaired) electrons. The summed E-state index contributed by atoms with van der Waals surface area (Å²) in [5.74, 6) is 0. The first-order chi connectivity index (χ1) is 20.3. The third-order valence-electron chi connectivity index (χ3n) is 8.66. The summed E-state index contributed by atoms with van der Waals surface area (Å²) in [6, 6.07) is 51.3. The second-order valence-corrected chi connectivity index (χ2v) is 12.1. The number of hydrogen-bond donors (Lipinski definition) is 1. The zero-order chi connectivity index (χ0) is 26.9. The molecule has 8 aromatic rings. The lowest BCUT2D eigenvalue weighted by Crippen LogP contribution is -2.00. The third-order valence-corrected chi connectivity index (χ3v) is 9.94. The van der Waals surface area contributed by atoms with Gasteiger partial charge in [-0.05, 0) is 83.4 Å². The van der Waals surface area contributed by atoms with Crippen LogP contribution in [0, 0.1) is 0 Å². The summed E-state index contributed by atoms with van der Waals surface area (Å²) in [4.78, 5) is 1.34. The van der Waals surface area contributed by atoms with E-state index in [2.05, 4.69) is 145 Å². The van der Waals surface area contributed by atoms with Crippen molar-refractivity contribution >= 4 is 71.3 Å². The van der Waals surface area contributed by atoms with Crippen molar-refractivity contribution in [2.24, 2.45) is 0 Å². The Kier molecular flexibility index (Phi) is 4.96. The van der Waals surface area contributed by atoms with Crippen LogP contribution in [0.2, 0.25) is 0 Å². The molecule has 1 heterocycles. The van der Waals surface area contributed by atoms with Crippen LogP contribution in [0.15, 0.2) is 144 Å². The standard InChI is InChI=1S/C39H25NS/c1-2-8-26(9-3-1)39-40-36-21-19-25-16-14-24-15-17-27(22-34(24)37(25)38(36)41-39)28-18-20-33-31-12-5-4-10-29(31)30-11-6-7-13-32(30)35(33)23-28/h1-23,39-40H. The second kappa shape index (κ2) is 8.86. The Morgan fingerprint density at radius 1 is 0.439 bits per heavy atom. The quantitative estimate of drug-likeness (QED) is 0.219. The Morgan fingerprint density at radius 2 is 0.976 bits per heavy atom. The molecule has 0 aliphatic carbocycles. The van der Waals surface area contributed by atoms with Crippen LogP contribution < -0.4 is 5.32 Å². The number of nitrogens with one attached hydrogen (secondary N) is 1. The highest BCUT2D eigenvalue weighted by atomic mass is 32.2. The van der Waals surface area contributed by atoms with Gasteiger partial charge in [-0.2, -0.15) is 0 Å². The first-order valence-electron chi connectivity index (χ1n) is 14.1. The van der Waals surface area contributed by atoms with Gasteiger partial charge in [-0.1, -0.05) is 133 Å². The molecule has 192 valence electrons. The van der Waals surface area contributed by atoms with Gasteiger partial charge in [0.05, 0.1) is 0 Å². The topological polar surface area (TPSA) is 12.0 Å². The normalized spacial score (nSPS) is 14.7. The number of rotatable bonds is 2. The molecule has 8 aromatic carbocycles. The summed E-state index contributed by atoms with van der Waals surface area (Å²) in [6.45, 7) is 0. The van der Waals surface area contributed by atoms with E-state index in [0.717, 1.165) is 0 Å². The lowest BCUT2D eigenvalue weighted by atomic mass is 9.91. The van der Waals surface area contributed by atoms with Gasteiger partial charge < -0.3 is 5.32 Å². The number of thioether (sulfide) groups is 1. The molecule has 1 unspecified atom stereocenters. The van der Waals surface area contributed by atoms with Gasteiger partial charge in [0.25, 0.3) is 0 Å². The Bertz CT molecular complexity index is 2280. The van der Waals surface area contributed by atoms with Gasteiger partial charge in [0.1, 0.15) is 5.37 Å². The zero-order valence-corrected chi connectivity index (χ0v) is 23.1. The molecule has 1 N–H and O–H groups in total. The van der Waals surface area contributed by atoms with Crippen molar-refractivity contribution in [1.29, 1.82) is 0 Å². The monoisotopic (exact) mass is 539 g/mol. The van der Waals surface area contributed by atoms with E-state index in [1.165, 1.54) is 81.1 Å². The third kappa shape index (κ3) is 3.51. The van der Waals surface area contributed by atoms with Crippen molar-refractivity contribution in [3.05, 3.63) is 145 Å². The molecule has 41 heavy (non-hydrogen) atoms. The Balaban J connectivity index is 1.25. The number of benzene rings is 8. The van der Waals surface area contributed by atoms with Crippen LogP contribution in [0.4, 0.5) is 5.69 Å². The van der Waals surface area contributed by atoms with Crippen molar-refractivity contribution in [1.82, 2.24) is 0 Å². The fraction of sp³-hybridized carbons (Fsp3) is 0.0256. The largest absolute Gasteiger partial charge is 0.368 e. The van der Waals surface area contributed by atoms with E-state index in [9.17, 15) is 0 Å². The molecule has 0 spiro atoms. The van der Waals surface area contributed by atoms with Crippen molar-refractivity contribution in [3.8, 4) is 11.1 Å². The SMILES string of the molecule is c1ccc(C2Nc3ccc4ccc5ccc(-c6ccc7c8ccccc8c8ccccc8c7c6)cc5c4c3S2)cc1. The van der Waals surface area contributed by atoms with Crippen LogP contribution in [0.3, 0.4) is 0 Å². The van der Waals surface area contributed by atoms with Crippen LogP contribution in [0.1, 0.15) is 10.9 Å². The molecule has 1 aliphatic heterocycles. The van der Waals surface area contributed by atoms with E-state index >= 15 is 0 Å². The van der Waals surface area contributed by atoms with Crippen molar-refractivity contribution < 1.29 is 0 Å². The molecule has 1 aliphatic rings. The minimum absolute atomic E-state index is 0.221. The number of fused-ring (bicyclic) bond motifs is 11. The van der Waals surface area contributed by atoms with Crippen LogP contribution >= 0.6 is 11.8 Å². The van der Waals surface area contributed by atoms with Gasteiger partial charge in [-0.25, -0.2) is 0 Å². The van der Waals surface area contributed by atoms with Gasteiger partial charge in [-0.3, -0.25) is 0 Å². The summed E-state index contributed by atoms with van der Waals surface area (Å²) >= 11 is 1.93. The first kappa shape index (κ1) is 23.0. The summed E-state index contributed by atoms with van der Waals surface area (Å²) in [6.07, 6.45) is 0. The van der Waals surface area contributed by atoms with E-state index in [1.807, 2.05) is 11.8 Å². The molecule has 0 aromatic heterocycles. The van der Waals surface area contributed by atoms with Gasteiger partial charge in [0, 0.05) is 16.0 Å². The molecule has 0 bridgehead atoms. The van der Waals surface area contributed by atoms with Gasteiger partial charge >= 0.3 is 0 Å². The van der Waals surface area contributed by atoms with E-state index in [0.29, 0.717) is 0 Å². The zero-order valence-electron chi connectivity index (χ0n) is 22.3. The molecule has 1 nitrogen and oxygen atoms in total. The van der Waals surface area contributed by atoms with Crippen LogP contribution in [-0.4, -0.2) is 0 Å². The van der Waals surface area contributed by atoms with Gasteiger partial charge in [0.15, 0.2) is 0 Å². The maximum Gasteiger partial charge on any atom is 0.103 e. The smallest absolute Gasteiger partial charge is 0.103 e. The predicted octanol–water partition coefficient (Wildman–Crippen LogP) is 11.3. The average molecular weight is 540 g/mol. The molecule has 1 atom stereocenters. The number of hydrogen-bond acceptors (Lipinski definition) is 2. The molecule has 0 saturated heterocycles. The highest BCUT2D eigenvalue weighted by molar-refractivity contribution is 8.00. The molecular formula is C39H25NS. The van der Waals surface area contributed by atoms with Crippen molar-refractivity contribution in [3.63, 3.8) is 0 Å². The molecule has 0 amide bonds. The van der Waals surface area contributed by atoms with E-state index < -0.39 is 0 Å². The minimum atomic E-state index is 0.221. The average Bonchev–Trinajstić information content (AvgIpc) is 3.49. The van der Waals surface area contributed by atoms with Crippen molar-refractivity contribution in [2.45, 2.75) is 10.3 Å². The maximum absolute atomic E-state index is 3.77. The molecule has 2 heteroatoms. The first-order valence-corrected chi connectivity index (χ1v) is 15.0. The van der Waals surface area contributed by atoms with Crippen molar-refractivity contribution in [2.75, 3.05) is 5.32 Å². The highest BCUT2D eigenvalue weighted by Crippen LogP contribution is 2.51. The Labute approximate surface area is 242 Å². The van der Waals surface area contributed by atoms with E-state index in [1.54, 1.807) is 0 Å². The maximum atomic E-state index is 3.77. The van der Waals surface area contributed by atoms with E-state index in [4.69, 9.17) is 0 Å². The Morgan fingerprint density at radius 3 is 1.71 bits per heavy atom. The van der Waals surface area contributed by atoms with Crippen LogP contribution in [0.5, 0.6) is 0 Å². The molecular weight excluding hydrogens is 515 g/mol. The Hall–Kier alpha value is -4.79. The van der Waals surface area contributed by atoms with Crippen LogP contribution in [-0.2, 0) is 0 Å². The summed E-state index contributed by atoms with van der Waals surface area (Å²) < 4.78 is 0. The second-order valence-electron chi connectivity index (χ2n) is 10.9. The summed E-state index contributed by atoms with van der Waals surface area (Å²) in [5.41, 5.74) is 5.02. The lowest BCUT2D eigenvalue weighted by Gasteiger charge is -2.13. The van der Waals surface area contributed by atoms with Gasteiger partial charge in [0.2, 0.25) is 0 Å². The fourth-order valence-corrected chi connectivity index (χ4v) is 8.00. The van der Waals surface area contributed by atoms with Gasteiger partial charge in [-0.15, -0.1) is 0 Å². The minimum Gasteiger partial charge on any atom is -0.368 e. The lowest BCUT2D eigenvalue weighted by molar-refractivity contribution is 1.14. The predicted molar refractivity (Wildman–Crippen MR) is 178 cm³/mol. The van der Waals surface area contributed by atoms with E-state index in [-0.39, 0.29) is 5.37 Å². The fourth-order valence-electron chi connectivity index (χ4n) is 6.68. The molecule has 9 rings (SSSR count). The molecule has 0 saturated carbocycles.